The van der Waals surface area contributed by atoms with E-state index in [9.17, 15) is 9.36 Å². The summed E-state index contributed by atoms with van der Waals surface area (Å²) in [5, 5.41) is 0. The number of benzene rings is 2. The third kappa shape index (κ3) is 4.32. The number of ketones is 1. The van der Waals surface area contributed by atoms with Crippen molar-refractivity contribution >= 4 is 14.0 Å². The summed E-state index contributed by atoms with van der Waals surface area (Å²) >= 11 is 0. The van der Waals surface area contributed by atoms with Crippen molar-refractivity contribution in [3.63, 3.8) is 0 Å². The highest BCUT2D eigenvalue weighted by molar-refractivity contribution is 7.33. The van der Waals surface area contributed by atoms with E-state index in [1.165, 1.54) is 0 Å². The maximum absolute atomic E-state index is 13.0. The molecule has 2 unspecified atom stereocenters. The van der Waals surface area contributed by atoms with Gasteiger partial charge in [-0.05, 0) is 37.5 Å². The van der Waals surface area contributed by atoms with Gasteiger partial charge in [0.15, 0.2) is 0 Å². The van der Waals surface area contributed by atoms with Gasteiger partial charge in [-0.3, -0.25) is 4.79 Å². The van der Waals surface area contributed by atoms with Crippen LogP contribution in [0.25, 0.3) is 0 Å². The van der Waals surface area contributed by atoms with E-state index in [-0.39, 0.29) is 12.4 Å². The Balaban J connectivity index is 2.41. The first-order chi connectivity index (χ1) is 11.0. The number of carbonyl (C=O) groups excluding carboxylic acids is 1. The number of hydrogen-bond donors (Lipinski definition) is 0. The molecule has 2 aromatic rings. The molecule has 0 aromatic heterocycles. The normalized spacial score (nSPS) is 12.7. The van der Waals surface area contributed by atoms with Crippen LogP contribution < -0.4 is 0 Å². The first kappa shape index (κ1) is 17.5. The van der Waals surface area contributed by atoms with Gasteiger partial charge >= 0.3 is 8.25 Å². The summed E-state index contributed by atoms with van der Waals surface area (Å²) in [6.07, 6.45) is -0.953. The van der Waals surface area contributed by atoms with E-state index in [1.54, 1.807) is 19.1 Å². The summed E-state index contributed by atoms with van der Waals surface area (Å²) in [6, 6.07) is 14.7. The summed E-state index contributed by atoms with van der Waals surface area (Å²) < 4.78 is 22.3. The van der Waals surface area contributed by atoms with E-state index in [2.05, 4.69) is 0 Å². The van der Waals surface area contributed by atoms with Crippen molar-refractivity contribution in [3.05, 3.63) is 70.8 Å². The number of carbonyl (C=O) groups is 1. The van der Waals surface area contributed by atoms with Crippen molar-refractivity contribution in [2.75, 3.05) is 6.61 Å². The van der Waals surface area contributed by atoms with Gasteiger partial charge in [-0.25, -0.2) is 0 Å². The molecular formula is C18H20O4P+. The van der Waals surface area contributed by atoms with Crippen LogP contribution in [0.15, 0.2) is 48.5 Å². The minimum Gasteiger partial charge on any atom is -0.291 e. The predicted molar refractivity (Wildman–Crippen MR) is 89.7 cm³/mol. The molecule has 2 rings (SSSR count). The van der Waals surface area contributed by atoms with Gasteiger partial charge in [0.25, 0.3) is 0 Å². The molecule has 0 amide bonds. The van der Waals surface area contributed by atoms with Crippen LogP contribution in [0.3, 0.4) is 0 Å². The zero-order chi connectivity index (χ0) is 16.8. The zero-order valence-electron chi connectivity index (χ0n) is 13.5. The average molecular weight is 331 g/mol. The van der Waals surface area contributed by atoms with E-state index >= 15 is 0 Å². The largest absolute Gasteiger partial charge is 0.698 e. The number of hydrogen-bond acceptors (Lipinski definition) is 4. The van der Waals surface area contributed by atoms with Crippen molar-refractivity contribution < 1.29 is 18.4 Å². The second-order valence-electron chi connectivity index (χ2n) is 5.17. The van der Waals surface area contributed by atoms with Crippen LogP contribution in [0.2, 0.25) is 0 Å². The molecule has 0 heterocycles. The summed E-state index contributed by atoms with van der Waals surface area (Å²) in [7, 11) is -2.36. The van der Waals surface area contributed by atoms with E-state index in [0.29, 0.717) is 11.1 Å². The van der Waals surface area contributed by atoms with Gasteiger partial charge in [0.2, 0.25) is 11.9 Å². The van der Waals surface area contributed by atoms with E-state index in [4.69, 9.17) is 9.05 Å². The molecule has 0 saturated heterocycles. The molecule has 0 spiro atoms. The van der Waals surface area contributed by atoms with Crippen LogP contribution in [-0.4, -0.2) is 12.4 Å². The molecule has 0 aliphatic heterocycles. The van der Waals surface area contributed by atoms with Gasteiger partial charge in [0.1, 0.15) is 6.61 Å². The predicted octanol–water partition coefficient (Wildman–Crippen LogP) is 4.94. The molecule has 2 atom stereocenters. The highest BCUT2D eigenvalue weighted by Gasteiger charge is 2.35. The van der Waals surface area contributed by atoms with E-state index < -0.39 is 14.4 Å². The first-order valence-corrected chi connectivity index (χ1v) is 8.56. The summed E-state index contributed by atoms with van der Waals surface area (Å²) in [4.78, 5) is 13.0. The molecule has 23 heavy (non-hydrogen) atoms. The molecule has 4 nitrogen and oxygen atoms in total. The summed E-state index contributed by atoms with van der Waals surface area (Å²) in [5.41, 5.74) is 2.99. The summed E-state index contributed by atoms with van der Waals surface area (Å²) in [5.74, 6) is -0.213. The molecule has 120 valence electrons. The monoisotopic (exact) mass is 331 g/mol. The third-order valence-corrected chi connectivity index (χ3v) is 4.35. The molecule has 0 aliphatic rings. The molecule has 0 aliphatic carbocycles. The van der Waals surface area contributed by atoms with Crippen molar-refractivity contribution in [1.82, 2.24) is 0 Å². The van der Waals surface area contributed by atoms with Crippen molar-refractivity contribution in [3.8, 4) is 0 Å². The lowest BCUT2D eigenvalue weighted by atomic mass is 9.93. The highest BCUT2D eigenvalue weighted by Crippen LogP contribution is 2.36. The van der Waals surface area contributed by atoms with Crippen LogP contribution in [0.5, 0.6) is 0 Å². The van der Waals surface area contributed by atoms with E-state index in [1.807, 2.05) is 50.2 Å². The lowest BCUT2D eigenvalue weighted by molar-refractivity contribution is 0.0767. The SMILES string of the molecule is CCO[P+](=O)OC(C(=O)c1c(C)cccc1C)c1ccccc1. The van der Waals surface area contributed by atoms with Crippen LogP contribution >= 0.6 is 8.25 Å². The molecular weight excluding hydrogens is 311 g/mol. The molecule has 2 aromatic carbocycles. The van der Waals surface area contributed by atoms with Crippen molar-refractivity contribution in [2.45, 2.75) is 26.9 Å². The lowest BCUT2D eigenvalue weighted by Gasteiger charge is -2.14. The zero-order valence-corrected chi connectivity index (χ0v) is 14.4. The number of aryl methyl sites for hydroxylation is 2. The molecule has 0 bridgehead atoms. The maximum atomic E-state index is 13.0. The summed E-state index contributed by atoms with van der Waals surface area (Å²) in [6.45, 7) is 5.74. The van der Waals surface area contributed by atoms with Gasteiger partial charge in [0.05, 0.1) is 0 Å². The Morgan fingerprint density at radius 2 is 1.65 bits per heavy atom. The van der Waals surface area contributed by atoms with Crippen molar-refractivity contribution in [2.24, 2.45) is 0 Å². The van der Waals surface area contributed by atoms with Gasteiger partial charge in [-0.15, -0.1) is 9.05 Å². The highest BCUT2D eigenvalue weighted by atomic mass is 31.1. The Labute approximate surface area is 137 Å². The fourth-order valence-corrected chi connectivity index (χ4v) is 3.11. The minimum absolute atomic E-state index is 0.213. The Kier molecular flexibility index (Phi) is 6.17. The number of rotatable bonds is 7. The van der Waals surface area contributed by atoms with Crippen LogP contribution in [0.1, 0.15) is 40.1 Å². The lowest BCUT2D eigenvalue weighted by Crippen LogP contribution is -2.16. The standard InChI is InChI=1S/C18H20O4P/c1-4-21-23(20)22-18(15-11-6-5-7-12-15)17(19)16-13(2)9-8-10-14(16)3/h5-12,18H,4H2,1-3H3/q+1. The molecule has 0 N–H and O–H groups in total. The Hall–Kier alpha value is -1.87. The second kappa shape index (κ2) is 8.11. The molecule has 5 heteroatoms. The number of Topliss-reactive ketones (excluding diaryl/α,β-unsaturated/α-hetero) is 1. The van der Waals surface area contributed by atoms with Crippen LogP contribution in [0.4, 0.5) is 0 Å². The van der Waals surface area contributed by atoms with Crippen LogP contribution in [-0.2, 0) is 13.6 Å². The quantitative estimate of drug-likeness (QED) is 0.533. The topological polar surface area (TPSA) is 52.6 Å². The van der Waals surface area contributed by atoms with Gasteiger partial charge < -0.3 is 0 Å². The smallest absolute Gasteiger partial charge is 0.291 e. The third-order valence-electron chi connectivity index (χ3n) is 3.49. The molecule has 0 saturated carbocycles. The Morgan fingerprint density at radius 3 is 2.22 bits per heavy atom. The fourth-order valence-electron chi connectivity index (χ4n) is 2.44. The Bertz CT molecular complexity index is 677. The average Bonchev–Trinajstić information content (AvgIpc) is 2.53. The van der Waals surface area contributed by atoms with Crippen molar-refractivity contribution in [1.29, 1.82) is 0 Å². The van der Waals surface area contributed by atoms with Gasteiger partial charge in [-0.2, -0.15) is 0 Å². The van der Waals surface area contributed by atoms with Crippen LogP contribution in [0, 0.1) is 13.8 Å². The molecule has 0 radical (unpaired) electrons. The molecule has 0 fully saturated rings. The van der Waals surface area contributed by atoms with Gasteiger partial charge in [0, 0.05) is 10.1 Å². The Morgan fingerprint density at radius 1 is 1.04 bits per heavy atom. The second-order valence-corrected chi connectivity index (χ2v) is 6.08. The maximum Gasteiger partial charge on any atom is 0.698 e. The minimum atomic E-state index is -2.36. The fraction of sp³-hybridized carbons (Fsp3) is 0.278. The first-order valence-electron chi connectivity index (χ1n) is 7.47. The van der Waals surface area contributed by atoms with E-state index in [0.717, 1.165) is 11.1 Å². The van der Waals surface area contributed by atoms with Gasteiger partial charge in [-0.1, -0.05) is 48.5 Å².